The van der Waals surface area contributed by atoms with Crippen molar-refractivity contribution in [3.63, 3.8) is 0 Å². The summed E-state index contributed by atoms with van der Waals surface area (Å²) in [6.07, 6.45) is 1.30. The monoisotopic (exact) mass is 801 g/mol. The van der Waals surface area contributed by atoms with Crippen LogP contribution >= 0.6 is 8.30 Å². The van der Waals surface area contributed by atoms with Gasteiger partial charge in [-0.05, 0) is 107 Å². The summed E-state index contributed by atoms with van der Waals surface area (Å²) in [5.74, 6) is -0.756. The number of aromatic nitrogens is 2. The summed E-state index contributed by atoms with van der Waals surface area (Å²) in [6, 6.07) is 27.9. The zero-order chi connectivity index (χ0) is 40.9. The predicted octanol–water partition coefficient (Wildman–Crippen LogP) is 8.93. The topological polar surface area (TPSA) is 123 Å². The molecule has 1 atom stereocenters. The lowest BCUT2D eigenvalue weighted by Gasteiger charge is -2.35. The molecule has 0 bridgehead atoms. The molecule has 0 saturated heterocycles. The summed E-state index contributed by atoms with van der Waals surface area (Å²) < 4.78 is 15.7. The molecule has 0 aliphatic carbocycles. The highest BCUT2D eigenvalue weighted by atomic mass is 31.2. The zero-order valence-corrected chi connectivity index (χ0v) is 34.2. The Morgan fingerprint density at radius 1 is 0.729 bits per heavy atom. The molecule has 1 aliphatic rings. The first-order valence-corrected chi connectivity index (χ1v) is 21.1. The van der Waals surface area contributed by atoms with Crippen molar-refractivity contribution in [1.29, 1.82) is 0 Å². The van der Waals surface area contributed by atoms with Crippen molar-refractivity contribution < 1.29 is 23.6 Å². The smallest absolute Gasteiger partial charge is 0.264 e. The highest BCUT2D eigenvalue weighted by Crippen LogP contribution is 2.47. The molecule has 0 N–H and O–H groups in total. The quantitative estimate of drug-likeness (QED) is 0.0300. The number of rotatable bonds is 12. The average Bonchev–Trinajstić information content (AvgIpc) is 3.60. The number of pyridine rings is 1. The fourth-order valence-electron chi connectivity index (χ4n) is 9.33. The van der Waals surface area contributed by atoms with Gasteiger partial charge in [0.1, 0.15) is 5.65 Å². The van der Waals surface area contributed by atoms with Gasteiger partial charge in [-0.1, -0.05) is 48.5 Å². The summed E-state index contributed by atoms with van der Waals surface area (Å²) in [5.41, 5.74) is 2.77. The first-order valence-electron chi connectivity index (χ1n) is 19.9. The van der Waals surface area contributed by atoms with Crippen molar-refractivity contribution in [2.45, 2.75) is 39.8 Å². The number of imide groups is 1. The van der Waals surface area contributed by atoms with E-state index >= 15 is 0 Å². The van der Waals surface area contributed by atoms with Gasteiger partial charge in [-0.15, -0.1) is 0 Å². The fraction of sp³-hybridized carbons (Fsp3) is 0.234. The first-order chi connectivity index (χ1) is 28.6. The fourth-order valence-corrected chi connectivity index (χ4v) is 11.1. The van der Waals surface area contributed by atoms with Crippen LogP contribution in [0.2, 0.25) is 0 Å². The number of nitrogens with zero attached hydrogens (tertiary/aromatic N) is 5. The Balaban J connectivity index is 0.977. The molecule has 10 rings (SSSR count). The Hall–Kier alpha value is -5.97. The van der Waals surface area contributed by atoms with Crippen molar-refractivity contribution >= 4 is 113 Å². The molecule has 2 aromatic heterocycles. The van der Waals surface area contributed by atoms with Gasteiger partial charge in [0, 0.05) is 51.8 Å². The van der Waals surface area contributed by atoms with Gasteiger partial charge in [0.05, 0.1) is 43.6 Å². The third kappa shape index (κ3) is 5.56. The Kier molecular flexibility index (Phi) is 8.92. The predicted molar refractivity (Wildman–Crippen MR) is 237 cm³/mol. The van der Waals surface area contributed by atoms with Crippen molar-refractivity contribution in [2.24, 2.45) is 4.99 Å². The summed E-state index contributed by atoms with van der Waals surface area (Å²) in [4.78, 5) is 65.6. The maximum Gasteiger partial charge on any atom is 0.264 e. The molecule has 3 heterocycles. The number of carbonyl (C=O) groups is 3. The van der Waals surface area contributed by atoms with Gasteiger partial charge in [0.25, 0.3) is 17.4 Å². The Bertz CT molecular complexity index is 3240. The van der Waals surface area contributed by atoms with Gasteiger partial charge < -0.3 is 9.26 Å². The van der Waals surface area contributed by atoms with E-state index < -0.39 is 8.30 Å². The van der Waals surface area contributed by atoms with E-state index in [9.17, 15) is 19.2 Å². The van der Waals surface area contributed by atoms with E-state index in [1.807, 2.05) is 105 Å². The van der Waals surface area contributed by atoms with Crippen LogP contribution in [-0.4, -0.2) is 88.0 Å². The van der Waals surface area contributed by atoms with Gasteiger partial charge in [-0.3, -0.25) is 33.5 Å². The minimum atomic E-state index is -1.59. The third-order valence-corrected chi connectivity index (χ3v) is 13.9. The van der Waals surface area contributed by atoms with Gasteiger partial charge in [-0.2, -0.15) is 0 Å². The molecule has 294 valence electrons. The summed E-state index contributed by atoms with van der Waals surface area (Å²) in [7, 11) is -0.0289. The van der Waals surface area contributed by atoms with Gasteiger partial charge in [0.2, 0.25) is 5.52 Å². The number of fused-ring (bicyclic) bond motifs is 7. The Labute approximate surface area is 339 Å². The highest BCUT2D eigenvalue weighted by molar-refractivity contribution is 7.71. The normalized spacial score (nSPS) is 14.4. The van der Waals surface area contributed by atoms with Crippen molar-refractivity contribution in [1.82, 2.24) is 19.0 Å². The Morgan fingerprint density at radius 3 is 1.92 bits per heavy atom. The number of imidazole rings is 1. The van der Waals surface area contributed by atoms with Gasteiger partial charge in [-0.25, -0.2) is 9.65 Å². The van der Waals surface area contributed by atoms with Gasteiger partial charge >= 0.3 is 0 Å². The van der Waals surface area contributed by atoms with Crippen molar-refractivity contribution in [3.8, 4) is 0 Å². The maximum absolute atomic E-state index is 14.4. The number of amides is 2. The zero-order valence-electron chi connectivity index (χ0n) is 33.3. The largest absolute Gasteiger partial charge is 0.377 e. The molecule has 1 unspecified atom stereocenters. The highest BCUT2D eigenvalue weighted by Gasteiger charge is 2.35. The van der Waals surface area contributed by atoms with E-state index in [0.717, 1.165) is 64.9 Å². The second kappa shape index (κ2) is 14.1. The van der Waals surface area contributed by atoms with Crippen LogP contribution < -0.4 is 5.56 Å². The van der Waals surface area contributed by atoms with E-state index in [2.05, 4.69) is 17.1 Å². The third-order valence-electron chi connectivity index (χ3n) is 11.6. The second-order valence-electron chi connectivity index (χ2n) is 15.7. The van der Waals surface area contributed by atoms with E-state index in [0.29, 0.717) is 27.5 Å². The minimum absolute atomic E-state index is 0.0604. The summed E-state index contributed by atoms with van der Waals surface area (Å²) in [5, 5.41) is 10.6. The SMILES string of the molecule is CN=CC(=O)P(OCCOCCN1C(=O)c2ccc3c4ccc5c(=O)n6c7cc8ccccc8cc7nc6c6ccc(c7ccc(c2c37)C1=O)c4c56)N(C(C)C)C(C)C. The van der Waals surface area contributed by atoms with E-state index in [4.69, 9.17) is 14.2 Å². The molecule has 0 radical (unpaired) electrons. The van der Waals surface area contributed by atoms with Crippen LogP contribution in [0.4, 0.5) is 0 Å². The first kappa shape index (κ1) is 37.3. The number of benzene rings is 7. The molecule has 0 fully saturated rings. The van der Waals surface area contributed by atoms with Crippen molar-refractivity contribution in [3.05, 3.63) is 106 Å². The van der Waals surface area contributed by atoms with Crippen LogP contribution in [0.1, 0.15) is 48.4 Å². The summed E-state index contributed by atoms with van der Waals surface area (Å²) >= 11 is 0. The Morgan fingerprint density at radius 2 is 1.29 bits per heavy atom. The van der Waals surface area contributed by atoms with Crippen LogP contribution in [-0.2, 0) is 14.1 Å². The maximum atomic E-state index is 14.4. The number of hydrogen-bond acceptors (Lipinski definition) is 9. The second-order valence-corrected chi connectivity index (χ2v) is 17.4. The molecule has 12 heteroatoms. The number of aliphatic imine (C=N–C) groups is 1. The van der Waals surface area contributed by atoms with Crippen LogP contribution in [0, 0.1) is 0 Å². The lowest BCUT2D eigenvalue weighted by atomic mass is 9.84. The lowest BCUT2D eigenvalue weighted by molar-refractivity contribution is -0.107. The molecule has 1 aliphatic heterocycles. The van der Waals surface area contributed by atoms with E-state index in [1.54, 1.807) is 11.4 Å². The minimum Gasteiger partial charge on any atom is -0.377 e. The molecule has 11 nitrogen and oxygen atoms in total. The number of ether oxygens (including phenoxy) is 1. The molecule has 0 spiro atoms. The summed E-state index contributed by atoms with van der Waals surface area (Å²) in [6.45, 7) is 8.62. The molecule has 7 aromatic carbocycles. The number of hydrogen-bond donors (Lipinski definition) is 0. The van der Waals surface area contributed by atoms with Crippen LogP contribution in [0.3, 0.4) is 0 Å². The van der Waals surface area contributed by atoms with Crippen LogP contribution in [0.15, 0.2) is 94.7 Å². The van der Waals surface area contributed by atoms with Crippen LogP contribution in [0.5, 0.6) is 0 Å². The molecular formula is C47H40N5O6P. The molecule has 9 aromatic rings. The standard InChI is InChI=1S/C47H40N5O6P/c1-25(2)52(26(3)4)59(39(53)24-48-5)58-21-20-57-19-18-50-45(54)34-15-11-31-29-10-14-33-42-36(17-13-30(40(29)42)32-12-16-35(46(50)55)43(34)41(31)32)47(56)51-38-23-28-9-7-6-8-27(28)22-37(38)49-44(33)51/h6-17,22-26H,18-21H2,1-5H3. The molecule has 59 heavy (non-hydrogen) atoms. The van der Waals surface area contributed by atoms with Crippen molar-refractivity contribution in [2.75, 3.05) is 33.4 Å². The number of carbonyl (C=O) groups excluding carboxylic acids is 3. The van der Waals surface area contributed by atoms with E-state index in [1.165, 1.54) is 11.1 Å². The van der Waals surface area contributed by atoms with E-state index in [-0.39, 0.29) is 61.3 Å². The molecular weight excluding hydrogens is 762 g/mol. The van der Waals surface area contributed by atoms with Crippen LogP contribution in [0.25, 0.3) is 81.3 Å². The molecule has 2 amide bonds. The van der Waals surface area contributed by atoms with Gasteiger partial charge in [0.15, 0.2) is 8.30 Å². The lowest BCUT2D eigenvalue weighted by Crippen LogP contribution is -2.42. The molecule has 0 saturated carbocycles. The average molecular weight is 802 g/mol.